The van der Waals surface area contributed by atoms with Crippen LogP contribution in [0.3, 0.4) is 0 Å². The topological polar surface area (TPSA) is 97.9 Å². The van der Waals surface area contributed by atoms with Crippen LogP contribution in [0.15, 0.2) is 0 Å². The molecule has 4 saturated carbocycles. The molecule has 0 amide bonds. The van der Waals surface area contributed by atoms with Crippen molar-refractivity contribution in [3.8, 4) is 0 Å². The van der Waals surface area contributed by atoms with Crippen molar-refractivity contribution in [3.05, 3.63) is 0 Å². The van der Waals surface area contributed by atoms with Crippen molar-refractivity contribution in [2.24, 2.45) is 16.7 Å². The Labute approximate surface area is 139 Å². The summed E-state index contributed by atoms with van der Waals surface area (Å²) < 4.78 is 21.1. The zero-order chi connectivity index (χ0) is 16.6. The summed E-state index contributed by atoms with van der Waals surface area (Å²) in [5.74, 6) is -0.557. The highest BCUT2D eigenvalue weighted by Crippen LogP contribution is 2.74. The van der Waals surface area contributed by atoms with Crippen LogP contribution >= 0.6 is 0 Å². The van der Waals surface area contributed by atoms with Crippen LogP contribution in [0, 0.1) is 16.7 Å². The summed E-state index contributed by atoms with van der Waals surface area (Å²) in [4.78, 5) is 25.9. The van der Waals surface area contributed by atoms with Crippen LogP contribution < -0.4 is 0 Å². The first kappa shape index (κ1) is 15.1. The molecule has 6 rings (SSSR count). The summed E-state index contributed by atoms with van der Waals surface area (Å²) in [5.41, 5.74) is -2.84. The molecule has 4 aliphatic carbocycles. The van der Waals surface area contributed by atoms with E-state index < -0.39 is 16.4 Å². The van der Waals surface area contributed by atoms with E-state index in [1.54, 1.807) is 0 Å². The van der Waals surface area contributed by atoms with Gasteiger partial charge in [0.05, 0.1) is 29.6 Å². The highest BCUT2D eigenvalue weighted by molar-refractivity contribution is 5.91. The lowest BCUT2D eigenvalue weighted by Gasteiger charge is -2.35. The first-order chi connectivity index (χ1) is 11.4. The Bertz CT molecular complexity index is 550. The maximum Gasteiger partial charge on any atom is 0.313 e. The smallest absolute Gasteiger partial charge is 0.313 e. The molecule has 7 heteroatoms. The minimum atomic E-state index is -0.953. The Kier molecular flexibility index (Phi) is 2.96. The van der Waals surface area contributed by atoms with Gasteiger partial charge in [-0.05, 0) is 38.0 Å². The summed E-state index contributed by atoms with van der Waals surface area (Å²) in [7, 11) is 0. The fourth-order valence-corrected chi connectivity index (χ4v) is 5.59. The molecule has 4 atom stereocenters. The average molecular weight is 338 g/mol. The van der Waals surface area contributed by atoms with E-state index in [9.17, 15) is 14.7 Å². The van der Waals surface area contributed by atoms with Crippen molar-refractivity contribution in [1.29, 1.82) is 0 Å². The molecule has 4 bridgehead atoms. The van der Waals surface area contributed by atoms with Gasteiger partial charge in [0.15, 0.2) is 0 Å². The van der Waals surface area contributed by atoms with Crippen LogP contribution in [0.5, 0.6) is 0 Å². The molecular weight excluding hydrogens is 316 g/mol. The van der Waals surface area contributed by atoms with Gasteiger partial charge >= 0.3 is 11.9 Å². The predicted molar refractivity (Wildman–Crippen MR) is 77.8 cm³/mol. The fraction of sp³-hybridized carbons (Fsp3) is 0.882. The lowest BCUT2D eigenvalue weighted by atomic mass is 9.68. The fourth-order valence-electron chi connectivity index (χ4n) is 5.59. The van der Waals surface area contributed by atoms with Gasteiger partial charge in [-0.3, -0.25) is 9.59 Å². The number of hydrogen-bond donors (Lipinski definition) is 1. The molecule has 0 radical (unpaired) electrons. The van der Waals surface area contributed by atoms with Gasteiger partial charge in [-0.25, -0.2) is 0 Å². The van der Waals surface area contributed by atoms with Crippen LogP contribution in [0.4, 0.5) is 0 Å². The van der Waals surface area contributed by atoms with E-state index in [0.29, 0.717) is 45.3 Å². The second-order valence-corrected chi connectivity index (χ2v) is 8.33. The summed E-state index contributed by atoms with van der Waals surface area (Å²) in [6, 6.07) is 0. The Balaban J connectivity index is 1.42. The molecular formula is C17H22O7. The molecule has 2 heterocycles. The summed E-state index contributed by atoms with van der Waals surface area (Å²) >= 11 is 0. The van der Waals surface area contributed by atoms with Crippen LogP contribution in [0.1, 0.15) is 32.1 Å². The SMILES string of the molecule is O=C(OCC1CO1)C12CC3CC(O)(C1)CC2(C(=O)OCC1CO1)C3. The molecule has 7 nitrogen and oxygen atoms in total. The van der Waals surface area contributed by atoms with E-state index in [1.165, 1.54) is 0 Å². The number of aliphatic hydroxyl groups is 1. The van der Waals surface area contributed by atoms with Gasteiger partial charge in [-0.2, -0.15) is 0 Å². The number of carbonyl (C=O) groups is 2. The predicted octanol–water partition coefficient (Wildman–Crippen LogP) is 0.182. The van der Waals surface area contributed by atoms with Gasteiger partial charge < -0.3 is 24.1 Å². The van der Waals surface area contributed by atoms with Crippen LogP contribution in [-0.4, -0.2) is 61.3 Å². The second-order valence-electron chi connectivity index (χ2n) is 8.33. The largest absolute Gasteiger partial charge is 0.462 e. The molecule has 2 saturated heterocycles. The van der Waals surface area contributed by atoms with E-state index in [1.807, 2.05) is 0 Å². The maximum atomic E-state index is 12.9. The van der Waals surface area contributed by atoms with Gasteiger partial charge in [0, 0.05) is 0 Å². The molecule has 0 aromatic rings. The molecule has 132 valence electrons. The zero-order valence-corrected chi connectivity index (χ0v) is 13.5. The first-order valence-corrected chi connectivity index (χ1v) is 8.75. The quantitative estimate of drug-likeness (QED) is 0.545. The van der Waals surface area contributed by atoms with E-state index in [-0.39, 0.29) is 43.3 Å². The van der Waals surface area contributed by atoms with E-state index in [0.717, 1.165) is 0 Å². The van der Waals surface area contributed by atoms with Gasteiger partial charge in [-0.1, -0.05) is 0 Å². The Morgan fingerprint density at radius 1 is 0.917 bits per heavy atom. The van der Waals surface area contributed by atoms with Crippen molar-refractivity contribution in [2.75, 3.05) is 26.4 Å². The minimum absolute atomic E-state index is 0.0147. The van der Waals surface area contributed by atoms with Gasteiger partial charge in [0.1, 0.15) is 25.4 Å². The number of epoxide rings is 2. The van der Waals surface area contributed by atoms with Gasteiger partial charge in [-0.15, -0.1) is 0 Å². The first-order valence-electron chi connectivity index (χ1n) is 8.75. The van der Waals surface area contributed by atoms with E-state index in [4.69, 9.17) is 18.9 Å². The molecule has 24 heavy (non-hydrogen) atoms. The van der Waals surface area contributed by atoms with E-state index >= 15 is 0 Å². The van der Waals surface area contributed by atoms with Crippen LogP contribution in [0.2, 0.25) is 0 Å². The third-order valence-corrected chi connectivity index (χ3v) is 6.51. The van der Waals surface area contributed by atoms with Crippen molar-refractivity contribution in [3.63, 3.8) is 0 Å². The Morgan fingerprint density at radius 3 is 1.75 bits per heavy atom. The minimum Gasteiger partial charge on any atom is -0.462 e. The summed E-state index contributed by atoms with van der Waals surface area (Å²) in [6.07, 6.45) is 2.45. The van der Waals surface area contributed by atoms with Crippen molar-refractivity contribution >= 4 is 11.9 Å². The highest BCUT2D eigenvalue weighted by Gasteiger charge is 2.78. The normalized spacial score (nSPS) is 50.0. The monoisotopic (exact) mass is 338 g/mol. The van der Waals surface area contributed by atoms with Crippen LogP contribution in [-0.2, 0) is 28.5 Å². The van der Waals surface area contributed by atoms with Crippen molar-refractivity contribution in [1.82, 2.24) is 0 Å². The van der Waals surface area contributed by atoms with E-state index in [2.05, 4.69) is 0 Å². The molecule has 4 unspecified atom stereocenters. The molecule has 6 fully saturated rings. The van der Waals surface area contributed by atoms with Crippen molar-refractivity contribution in [2.45, 2.75) is 49.9 Å². The lowest BCUT2D eigenvalue weighted by molar-refractivity contribution is -0.176. The van der Waals surface area contributed by atoms with Crippen molar-refractivity contribution < 1.29 is 33.6 Å². The molecule has 1 N–H and O–H groups in total. The number of hydrogen-bond acceptors (Lipinski definition) is 7. The lowest BCUT2D eigenvalue weighted by Crippen LogP contribution is -2.47. The van der Waals surface area contributed by atoms with Gasteiger partial charge in [0.2, 0.25) is 0 Å². The second kappa shape index (κ2) is 4.71. The molecule has 6 aliphatic rings. The molecule has 0 aromatic carbocycles. The number of rotatable bonds is 6. The standard InChI is InChI=1S/C17H22O7/c18-13(23-6-11-4-21-11)16-2-10-1-15(20,8-16)9-17(16,3-10)14(19)24-7-12-5-22-12/h10-12,20H,1-9H2. The number of ether oxygens (including phenoxy) is 4. The third-order valence-electron chi connectivity index (χ3n) is 6.51. The number of carbonyl (C=O) groups excluding carboxylic acids is 2. The average Bonchev–Trinajstić information content (AvgIpc) is 3.42. The third kappa shape index (κ3) is 2.07. The summed E-state index contributed by atoms with van der Waals surface area (Å²) in [6.45, 7) is 1.68. The molecule has 0 aromatic heterocycles. The summed E-state index contributed by atoms with van der Waals surface area (Å²) in [5, 5.41) is 10.9. The molecule has 2 aliphatic heterocycles. The maximum absolute atomic E-state index is 12.9. The zero-order valence-electron chi connectivity index (χ0n) is 13.5. The highest BCUT2D eigenvalue weighted by atomic mass is 16.6. The Hall–Kier alpha value is -1.18. The molecule has 0 spiro atoms. The number of esters is 2. The van der Waals surface area contributed by atoms with Gasteiger partial charge in [0.25, 0.3) is 0 Å². The van der Waals surface area contributed by atoms with Crippen LogP contribution in [0.25, 0.3) is 0 Å². The Morgan fingerprint density at radius 2 is 1.38 bits per heavy atom.